The van der Waals surface area contributed by atoms with Crippen molar-refractivity contribution in [1.82, 2.24) is 25.0 Å². The third-order valence-corrected chi connectivity index (χ3v) is 6.64. The molecule has 0 aliphatic rings. The lowest BCUT2D eigenvalue weighted by molar-refractivity contribution is 0.0294. The van der Waals surface area contributed by atoms with Crippen LogP contribution in [-0.2, 0) is 20.7 Å². The Bertz CT molecular complexity index is 951. The molecule has 0 fully saturated rings. The quantitative estimate of drug-likeness (QED) is 0.105. The minimum absolute atomic E-state index is 0.0599. The van der Waals surface area contributed by atoms with Crippen molar-refractivity contribution < 1.29 is 28.7 Å². The molecule has 2 rings (SSSR count). The highest BCUT2D eigenvalue weighted by Gasteiger charge is 2.17. The first kappa shape index (κ1) is 31.3. The van der Waals surface area contributed by atoms with Gasteiger partial charge >= 0.3 is 7.60 Å². The molecular formula is C25H44N5O6P. The van der Waals surface area contributed by atoms with E-state index < -0.39 is 19.9 Å². The fraction of sp³-hybridized carbons (Fsp3) is 0.760. The number of rotatable bonds is 22. The average molecular weight is 542 g/mol. The van der Waals surface area contributed by atoms with Gasteiger partial charge in [-0.05, 0) is 6.42 Å². The van der Waals surface area contributed by atoms with Crippen LogP contribution in [0.2, 0.25) is 0 Å². The number of hydrogen-bond donors (Lipinski definition) is 3. The van der Waals surface area contributed by atoms with Gasteiger partial charge in [0.15, 0.2) is 11.3 Å². The van der Waals surface area contributed by atoms with E-state index in [1.165, 1.54) is 89.7 Å². The van der Waals surface area contributed by atoms with E-state index in [0.29, 0.717) is 17.8 Å². The molecule has 0 saturated heterocycles. The molecule has 210 valence electrons. The summed E-state index contributed by atoms with van der Waals surface area (Å²) in [4.78, 5) is 47.9. The highest BCUT2D eigenvalue weighted by atomic mass is 31.2. The van der Waals surface area contributed by atoms with Crippen molar-refractivity contribution in [2.24, 2.45) is 0 Å². The summed E-state index contributed by atoms with van der Waals surface area (Å²) in [5.41, 5.74) is 3.26. The van der Waals surface area contributed by atoms with Crippen molar-refractivity contribution >= 4 is 24.7 Å². The summed E-state index contributed by atoms with van der Waals surface area (Å²) in [5.74, 6) is -0.499. The van der Waals surface area contributed by atoms with Crippen molar-refractivity contribution in [2.75, 3.05) is 19.6 Å². The summed E-state index contributed by atoms with van der Waals surface area (Å²) in [5, 5.41) is 0. The minimum atomic E-state index is -4.21. The maximum absolute atomic E-state index is 12.5. The number of hydroxylamine groups is 1. The first-order valence-corrected chi connectivity index (χ1v) is 15.4. The zero-order chi connectivity index (χ0) is 26.8. The zero-order valence-corrected chi connectivity index (χ0v) is 23.0. The van der Waals surface area contributed by atoms with Crippen LogP contribution >= 0.6 is 7.60 Å². The van der Waals surface area contributed by atoms with Gasteiger partial charge in [0.05, 0.1) is 19.5 Å². The number of carbonyl (C=O) groups is 1. The molecule has 0 aromatic carbocycles. The number of hydrogen-bond acceptors (Lipinski definition) is 7. The van der Waals surface area contributed by atoms with Crippen LogP contribution in [-0.4, -0.2) is 54.8 Å². The molecule has 2 aromatic heterocycles. The van der Waals surface area contributed by atoms with E-state index in [2.05, 4.69) is 27.4 Å². The molecule has 0 spiro atoms. The number of imidazole rings is 1. The summed E-state index contributed by atoms with van der Waals surface area (Å²) in [7, 11) is -4.21. The van der Waals surface area contributed by atoms with Crippen molar-refractivity contribution in [3.63, 3.8) is 0 Å². The number of nitrogens with zero attached hydrogens (tertiary/aromatic N) is 4. The van der Waals surface area contributed by atoms with E-state index in [1.807, 2.05) is 0 Å². The average Bonchev–Trinajstić information content (AvgIpc) is 3.29. The van der Waals surface area contributed by atoms with Crippen LogP contribution < -0.4 is 5.48 Å². The minimum Gasteiger partial charge on any atom is -0.367 e. The maximum atomic E-state index is 12.5. The summed E-state index contributed by atoms with van der Waals surface area (Å²) in [6.45, 7) is 3.02. The highest BCUT2D eigenvalue weighted by molar-refractivity contribution is 7.51. The standard InChI is InChI=1S/C25H44N5O6P/c1-2-3-4-5-6-7-8-9-10-11-12-13-14-15-17-36-29-25(31)23-22-24(27-19-26-23)30(20-28-22)16-18-35-21-37(32,33)34/h19-20H,2-18,21H2,1H3,(H,29,31)(H2,32,33,34). The molecule has 0 radical (unpaired) electrons. The smallest absolute Gasteiger partial charge is 0.350 e. The maximum Gasteiger partial charge on any atom is 0.350 e. The van der Waals surface area contributed by atoms with Gasteiger partial charge in [0.25, 0.3) is 5.91 Å². The predicted octanol–water partition coefficient (Wildman–Crippen LogP) is 5.12. The topological polar surface area (TPSA) is 149 Å². The van der Waals surface area contributed by atoms with Crippen molar-refractivity contribution in [1.29, 1.82) is 0 Å². The Hall–Kier alpha value is -1.91. The highest BCUT2D eigenvalue weighted by Crippen LogP contribution is 2.33. The number of fused-ring (bicyclic) bond motifs is 1. The Balaban J connectivity index is 1.54. The van der Waals surface area contributed by atoms with Gasteiger partial charge in [-0.2, -0.15) is 0 Å². The molecular weight excluding hydrogens is 497 g/mol. The molecule has 0 bridgehead atoms. The molecule has 11 nitrogen and oxygen atoms in total. The molecule has 0 atom stereocenters. The summed E-state index contributed by atoms with van der Waals surface area (Å²) < 4.78 is 17.5. The second kappa shape index (κ2) is 18.4. The van der Waals surface area contributed by atoms with Crippen LogP contribution in [0.1, 0.15) is 107 Å². The van der Waals surface area contributed by atoms with Crippen LogP contribution in [0.4, 0.5) is 0 Å². The molecule has 3 N–H and O–H groups in total. The normalized spacial score (nSPS) is 11.9. The third-order valence-electron chi connectivity index (χ3n) is 6.12. The van der Waals surface area contributed by atoms with Gasteiger partial charge in [-0.1, -0.05) is 90.4 Å². The number of amides is 1. The van der Waals surface area contributed by atoms with Gasteiger partial charge in [0, 0.05) is 6.54 Å². The second-order valence-corrected chi connectivity index (χ2v) is 11.0. The van der Waals surface area contributed by atoms with Crippen molar-refractivity contribution in [3.05, 3.63) is 18.3 Å². The molecule has 0 aliphatic carbocycles. The first-order valence-electron chi connectivity index (χ1n) is 13.6. The molecule has 0 aliphatic heterocycles. The monoisotopic (exact) mass is 541 g/mol. The lowest BCUT2D eigenvalue weighted by Gasteiger charge is -2.07. The fourth-order valence-corrected chi connectivity index (χ4v) is 4.46. The van der Waals surface area contributed by atoms with E-state index in [9.17, 15) is 9.36 Å². The number of nitrogens with one attached hydrogen (secondary N) is 1. The Morgan fingerprint density at radius 2 is 1.49 bits per heavy atom. The summed E-state index contributed by atoms with van der Waals surface area (Å²) >= 11 is 0. The Labute approximate surface area is 219 Å². The molecule has 1 amide bonds. The summed E-state index contributed by atoms with van der Waals surface area (Å²) in [6.07, 6.45) is 20.0. The molecule has 37 heavy (non-hydrogen) atoms. The van der Waals surface area contributed by atoms with E-state index in [1.54, 1.807) is 4.57 Å². The molecule has 2 heterocycles. The number of carbonyl (C=O) groups excluding carboxylic acids is 1. The van der Waals surface area contributed by atoms with Crippen LogP contribution in [0, 0.1) is 0 Å². The largest absolute Gasteiger partial charge is 0.367 e. The van der Waals surface area contributed by atoms with Gasteiger partial charge in [0.2, 0.25) is 0 Å². The SMILES string of the molecule is CCCCCCCCCCCCCCCCONC(=O)c1ncnc2c1ncn2CCOCP(=O)(O)O. The first-order chi connectivity index (χ1) is 17.9. The van der Waals surface area contributed by atoms with Gasteiger partial charge in [-0.15, -0.1) is 0 Å². The number of unbranched alkanes of at least 4 members (excludes halogenated alkanes) is 13. The zero-order valence-electron chi connectivity index (χ0n) is 22.1. The lowest BCUT2D eigenvalue weighted by Crippen LogP contribution is -2.25. The second-order valence-electron chi connectivity index (χ2n) is 9.41. The van der Waals surface area contributed by atoms with E-state index >= 15 is 0 Å². The Kier molecular flexibility index (Phi) is 15.5. The van der Waals surface area contributed by atoms with Gasteiger partial charge < -0.3 is 19.1 Å². The van der Waals surface area contributed by atoms with E-state index in [4.69, 9.17) is 19.4 Å². The predicted molar refractivity (Wildman–Crippen MR) is 142 cm³/mol. The van der Waals surface area contributed by atoms with Crippen molar-refractivity contribution in [3.8, 4) is 0 Å². The van der Waals surface area contributed by atoms with Gasteiger partial charge in [0.1, 0.15) is 18.2 Å². The molecule has 12 heteroatoms. The van der Waals surface area contributed by atoms with Crippen LogP contribution in [0.5, 0.6) is 0 Å². The van der Waals surface area contributed by atoms with E-state index in [-0.39, 0.29) is 18.8 Å². The van der Waals surface area contributed by atoms with E-state index in [0.717, 1.165) is 12.8 Å². The molecule has 2 aromatic rings. The van der Waals surface area contributed by atoms with Crippen molar-refractivity contribution in [2.45, 2.75) is 103 Å². The summed E-state index contributed by atoms with van der Waals surface area (Å²) in [6, 6.07) is 0. The van der Waals surface area contributed by atoms with Crippen LogP contribution in [0.15, 0.2) is 12.7 Å². The Morgan fingerprint density at radius 1 is 0.892 bits per heavy atom. The van der Waals surface area contributed by atoms with Gasteiger partial charge in [-0.25, -0.2) is 20.4 Å². The van der Waals surface area contributed by atoms with Gasteiger partial charge in [-0.3, -0.25) is 14.2 Å². The van der Waals surface area contributed by atoms with Crippen LogP contribution in [0.25, 0.3) is 11.2 Å². The fourth-order valence-electron chi connectivity index (χ4n) is 4.09. The number of ether oxygens (including phenoxy) is 1. The lowest BCUT2D eigenvalue weighted by atomic mass is 10.0. The van der Waals surface area contributed by atoms with Crippen LogP contribution in [0.3, 0.4) is 0 Å². The molecule has 0 saturated carbocycles. The number of aromatic nitrogens is 4. The molecule has 0 unspecified atom stereocenters. The Morgan fingerprint density at radius 3 is 2.08 bits per heavy atom. The third kappa shape index (κ3) is 13.4.